The first kappa shape index (κ1) is 16.4. The van der Waals surface area contributed by atoms with Gasteiger partial charge < -0.3 is 10.0 Å². The minimum Gasteiger partial charge on any atom is -0.478 e. The van der Waals surface area contributed by atoms with Gasteiger partial charge in [-0.25, -0.2) is 4.79 Å². The summed E-state index contributed by atoms with van der Waals surface area (Å²) in [5.74, 6) is -1.15. The van der Waals surface area contributed by atoms with Crippen LogP contribution in [0.4, 0.5) is 11.4 Å². The predicted octanol–water partition coefficient (Wildman–Crippen LogP) is 3.10. The molecule has 6 nitrogen and oxygen atoms in total. The van der Waals surface area contributed by atoms with E-state index >= 15 is 0 Å². The lowest BCUT2D eigenvalue weighted by molar-refractivity contribution is -0.385. The first-order chi connectivity index (χ1) is 9.99. The summed E-state index contributed by atoms with van der Waals surface area (Å²) < 4.78 is 0. The van der Waals surface area contributed by atoms with E-state index in [1.807, 2.05) is 11.8 Å². The molecule has 0 fully saturated rings. The number of nitro groups is 1. The zero-order valence-electron chi connectivity index (χ0n) is 11.9. The standard InChI is InChI=1S/C15H18N2O4/c1-3-9-16(10-4-2)13-6-7-14(17(20)21)12(11-13)5-8-15(18)19/h3,5-8,11H,1,4,9-10H2,2H3,(H,18,19)/b8-5+. The average Bonchev–Trinajstić information content (AvgIpc) is 2.44. The monoisotopic (exact) mass is 290 g/mol. The molecular formula is C15H18N2O4. The molecule has 0 bridgehead atoms. The van der Waals surface area contributed by atoms with Gasteiger partial charge in [-0.2, -0.15) is 0 Å². The SMILES string of the molecule is C=CCN(CCC)c1ccc([N+](=O)[O-])c(/C=C/C(=O)O)c1. The molecule has 0 spiro atoms. The van der Waals surface area contributed by atoms with Crippen molar-refractivity contribution in [1.29, 1.82) is 0 Å². The molecule has 0 aromatic heterocycles. The Kier molecular flexibility index (Phi) is 6.13. The summed E-state index contributed by atoms with van der Waals surface area (Å²) in [5.41, 5.74) is 0.948. The molecule has 1 rings (SSSR count). The molecule has 1 aromatic rings. The Morgan fingerprint density at radius 3 is 2.76 bits per heavy atom. The molecule has 0 unspecified atom stereocenters. The normalized spacial score (nSPS) is 10.5. The quantitative estimate of drug-likeness (QED) is 0.344. The van der Waals surface area contributed by atoms with Crippen LogP contribution in [0, 0.1) is 10.1 Å². The van der Waals surface area contributed by atoms with E-state index in [0.29, 0.717) is 6.54 Å². The number of nitrogens with zero attached hydrogens (tertiary/aromatic N) is 2. The van der Waals surface area contributed by atoms with Gasteiger partial charge in [-0.3, -0.25) is 10.1 Å². The highest BCUT2D eigenvalue weighted by atomic mass is 16.6. The second-order valence-corrected chi connectivity index (χ2v) is 4.41. The zero-order chi connectivity index (χ0) is 15.8. The minimum atomic E-state index is -1.15. The number of aliphatic carboxylic acids is 1. The van der Waals surface area contributed by atoms with Crippen molar-refractivity contribution in [2.24, 2.45) is 0 Å². The molecule has 0 radical (unpaired) electrons. The Morgan fingerprint density at radius 2 is 2.24 bits per heavy atom. The fraction of sp³-hybridized carbons (Fsp3) is 0.267. The van der Waals surface area contributed by atoms with Crippen molar-refractivity contribution in [2.75, 3.05) is 18.0 Å². The third-order valence-corrected chi connectivity index (χ3v) is 2.82. The van der Waals surface area contributed by atoms with E-state index in [1.165, 1.54) is 12.1 Å². The third-order valence-electron chi connectivity index (χ3n) is 2.82. The van der Waals surface area contributed by atoms with Crippen LogP contribution in [0.15, 0.2) is 36.9 Å². The number of carbonyl (C=O) groups is 1. The Hall–Kier alpha value is -2.63. The lowest BCUT2D eigenvalue weighted by Gasteiger charge is -2.23. The Labute approximate surface area is 123 Å². The molecule has 0 aliphatic heterocycles. The lowest BCUT2D eigenvalue weighted by atomic mass is 10.1. The van der Waals surface area contributed by atoms with Crippen LogP contribution in [0.3, 0.4) is 0 Å². The van der Waals surface area contributed by atoms with Crippen LogP contribution >= 0.6 is 0 Å². The van der Waals surface area contributed by atoms with Gasteiger partial charge in [0.25, 0.3) is 5.69 Å². The number of benzene rings is 1. The van der Waals surface area contributed by atoms with Crippen LogP contribution in [0.1, 0.15) is 18.9 Å². The van der Waals surface area contributed by atoms with Gasteiger partial charge in [0.2, 0.25) is 0 Å². The minimum absolute atomic E-state index is 0.119. The summed E-state index contributed by atoms with van der Waals surface area (Å²) in [5, 5.41) is 19.7. The van der Waals surface area contributed by atoms with Gasteiger partial charge in [-0.15, -0.1) is 6.58 Å². The summed E-state index contributed by atoms with van der Waals surface area (Å²) in [6.45, 7) is 7.13. The Balaban J connectivity index is 3.24. The molecule has 1 aromatic carbocycles. The molecule has 1 N–H and O–H groups in total. The van der Waals surface area contributed by atoms with Crippen molar-refractivity contribution in [2.45, 2.75) is 13.3 Å². The van der Waals surface area contributed by atoms with Crippen LogP contribution in [-0.2, 0) is 4.79 Å². The second-order valence-electron chi connectivity index (χ2n) is 4.41. The van der Waals surface area contributed by atoms with E-state index in [9.17, 15) is 14.9 Å². The fourth-order valence-corrected chi connectivity index (χ4v) is 1.95. The summed E-state index contributed by atoms with van der Waals surface area (Å²) >= 11 is 0. The molecule has 0 heterocycles. The van der Waals surface area contributed by atoms with Gasteiger partial charge >= 0.3 is 5.97 Å². The Morgan fingerprint density at radius 1 is 1.52 bits per heavy atom. The summed E-state index contributed by atoms with van der Waals surface area (Å²) in [4.78, 5) is 23.1. The van der Waals surface area contributed by atoms with Crippen molar-refractivity contribution < 1.29 is 14.8 Å². The molecule has 0 amide bonds. The highest BCUT2D eigenvalue weighted by Crippen LogP contribution is 2.26. The molecule has 0 aliphatic carbocycles. The molecule has 0 atom stereocenters. The summed E-state index contributed by atoms with van der Waals surface area (Å²) in [6.07, 6.45) is 4.81. The first-order valence-electron chi connectivity index (χ1n) is 6.54. The summed E-state index contributed by atoms with van der Waals surface area (Å²) in [6, 6.07) is 4.68. The van der Waals surface area contributed by atoms with Crippen molar-refractivity contribution in [3.63, 3.8) is 0 Å². The Bertz CT molecular complexity index is 567. The van der Waals surface area contributed by atoms with Gasteiger partial charge in [-0.05, 0) is 24.6 Å². The average molecular weight is 290 g/mol. The first-order valence-corrected chi connectivity index (χ1v) is 6.54. The van der Waals surface area contributed by atoms with E-state index < -0.39 is 10.9 Å². The fourth-order valence-electron chi connectivity index (χ4n) is 1.95. The molecule has 112 valence electrons. The molecule has 21 heavy (non-hydrogen) atoms. The van der Waals surface area contributed by atoms with Gasteiger partial charge in [0.1, 0.15) is 0 Å². The highest BCUT2D eigenvalue weighted by Gasteiger charge is 2.14. The molecular weight excluding hydrogens is 272 g/mol. The van der Waals surface area contributed by atoms with Crippen LogP contribution in [0.2, 0.25) is 0 Å². The lowest BCUT2D eigenvalue weighted by Crippen LogP contribution is -2.24. The summed E-state index contributed by atoms with van der Waals surface area (Å²) in [7, 11) is 0. The zero-order valence-corrected chi connectivity index (χ0v) is 11.9. The maximum atomic E-state index is 11.0. The van der Waals surface area contributed by atoms with Crippen LogP contribution in [0.5, 0.6) is 0 Å². The highest BCUT2D eigenvalue weighted by molar-refractivity contribution is 5.86. The second kappa shape index (κ2) is 7.84. The third kappa shape index (κ3) is 4.76. The van der Waals surface area contributed by atoms with Crippen LogP contribution < -0.4 is 4.90 Å². The van der Waals surface area contributed by atoms with E-state index in [2.05, 4.69) is 6.58 Å². The number of hydrogen-bond donors (Lipinski definition) is 1. The number of hydrogen-bond acceptors (Lipinski definition) is 4. The smallest absolute Gasteiger partial charge is 0.328 e. The maximum absolute atomic E-state index is 11.0. The topological polar surface area (TPSA) is 83.7 Å². The largest absolute Gasteiger partial charge is 0.478 e. The van der Waals surface area contributed by atoms with Crippen molar-refractivity contribution in [3.8, 4) is 0 Å². The van der Waals surface area contributed by atoms with Gasteiger partial charge in [0.05, 0.1) is 10.5 Å². The molecule has 0 saturated heterocycles. The number of carboxylic acids is 1. The van der Waals surface area contributed by atoms with E-state index in [0.717, 1.165) is 24.7 Å². The number of carboxylic acid groups (broad SMARTS) is 1. The number of anilines is 1. The van der Waals surface area contributed by atoms with E-state index in [1.54, 1.807) is 18.2 Å². The number of rotatable bonds is 8. The molecule has 0 saturated carbocycles. The van der Waals surface area contributed by atoms with Gasteiger partial charge in [-0.1, -0.05) is 13.0 Å². The maximum Gasteiger partial charge on any atom is 0.328 e. The van der Waals surface area contributed by atoms with Gasteiger partial charge in [0, 0.05) is 30.9 Å². The van der Waals surface area contributed by atoms with Crippen molar-refractivity contribution in [3.05, 3.63) is 52.6 Å². The predicted molar refractivity (Wildman–Crippen MR) is 82.5 cm³/mol. The molecule has 6 heteroatoms. The van der Waals surface area contributed by atoms with Crippen LogP contribution in [0.25, 0.3) is 6.08 Å². The van der Waals surface area contributed by atoms with E-state index in [-0.39, 0.29) is 11.3 Å². The molecule has 0 aliphatic rings. The van der Waals surface area contributed by atoms with E-state index in [4.69, 9.17) is 5.11 Å². The number of nitro benzene ring substituents is 1. The van der Waals surface area contributed by atoms with Crippen molar-refractivity contribution in [1.82, 2.24) is 0 Å². The van der Waals surface area contributed by atoms with Gasteiger partial charge in [0.15, 0.2) is 0 Å². The van der Waals surface area contributed by atoms with Crippen molar-refractivity contribution >= 4 is 23.4 Å². The van der Waals surface area contributed by atoms with Crippen LogP contribution in [-0.4, -0.2) is 29.1 Å².